The molecule has 0 saturated carbocycles. The highest BCUT2D eigenvalue weighted by molar-refractivity contribution is 7.98. The number of nitrogens with one attached hydrogen (secondary N) is 1. The average Bonchev–Trinajstić information content (AvgIpc) is 2.61. The van der Waals surface area contributed by atoms with Gasteiger partial charge in [-0.1, -0.05) is 6.07 Å². The molecular weight excluding hydrogens is 218 g/mol. The van der Waals surface area contributed by atoms with Crippen molar-refractivity contribution in [2.75, 3.05) is 12.0 Å². The van der Waals surface area contributed by atoms with Gasteiger partial charge in [0, 0.05) is 17.8 Å². The number of thioether (sulfide) groups is 1. The molecule has 2 unspecified atom stereocenters. The second-order valence-corrected chi connectivity index (χ2v) is 5.41. The standard InChI is InChI=1S/C13H19NOS/c1-9(8-16-2)14-13-6-3-10-7-11(15)4-5-12(10)13/h4-5,7,9,13-15H,3,6,8H2,1-2H3. The Hall–Kier alpha value is -0.670. The molecule has 2 N–H and O–H groups in total. The number of phenols is 1. The Balaban J connectivity index is 2.06. The van der Waals surface area contributed by atoms with Crippen molar-refractivity contribution < 1.29 is 5.11 Å². The number of benzene rings is 1. The molecule has 1 aliphatic rings. The maximum Gasteiger partial charge on any atom is 0.115 e. The smallest absolute Gasteiger partial charge is 0.115 e. The maximum atomic E-state index is 9.43. The summed E-state index contributed by atoms with van der Waals surface area (Å²) in [6, 6.07) is 6.76. The summed E-state index contributed by atoms with van der Waals surface area (Å²) in [5, 5.41) is 13.1. The van der Waals surface area contributed by atoms with Crippen molar-refractivity contribution in [2.45, 2.75) is 31.8 Å². The molecule has 0 spiro atoms. The van der Waals surface area contributed by atoms with Crippen LogP contribution < -0.4 is 5.32 Å². The number of hydrogen-bond acceptors (Lipinski definition) is 3. The molecule has 2 rings (SSSR count). The fourth-order valence-electron chi connectivity index (χ4n) is 2.42. The first-order valence-electron chi connectivity index (χ1n) is 5.77. The third-order valence-electron chi connectivity index (χ3n) is 3.11. The summed E-state index contributed by atoms with van der Waals surface area (Å²) < 4.78 is 0. The molecule has 1 aromatic carbocycles. The average molecular weight is 237 g/mol. The minimum absolute atomic E-state index is 0.386. The first-order valence-corrected chi connectivity index (χ1v) is 7.17. The normalized spacial score (nSPS) is 20.8. The lowest BCUT2D eigenvalue weighted by molar-refractivity contribution is 0.473. The monoisotopic (exact) mass is 237 g/mol. The number of fused-ring (bicyclic) bond motifs is 1. The summed E-state index contributed by atoms with van der Waals surface area (Å²) >= 11 is 1.87. The molecule has 3 heteroatoms. The van der Waals surface area contributed by atoms with E-state index in [9.17, 15) is 5.11 Å². The molecule has 0 aliphatic heterocycles. The maximum absolute atomic E-state index is 9.43. The van der Waals surface area contributed by atoms with E-state index in [1.807, 2.05) is 17.8 Å². The van der Waals surface area contributed by atoms with E-state index in [1.54, 1.807) is 6.07 Å². The molecule has 2 nitrogen and oxygen atoms in total. The van der Waals surface area contributed by atoms with Gasteiger partial charge in [0.25, 0.3) is 0 Å². The summed E-state index contributed by atoms with van der Waals surface area (Å²) in [5.74, 6) is 1.53. The number of rotatable bonds is 4. The van der Waals surface area contributed by atoms with Crippen LogP contribution in [0.1, 0.15) is 30.5 Å². The van der Waals surface area contributed by atoms with E-state index in [0.717, 1.165) is 18.6 Å². The van der Waals surface area contributed by atoms with Crippen LogP contribution in [0, 0.1) is 0 Å². The van der Waals surface area contributed by atoms with Gasteiger partial charge in [0.2, 0.25) is 0 Å². The first kappa shape index (κ1) is 11.8. The molecule has 0 fully saturated rings. The predicted molar refractivity (Wildman–Crippen MR) is 70.1 cm³/mol. The first-order chi connectivity index (χ1) is 7.70. The zero-order valence-electron chi connectivity index (χ0n) is 9.86. The van der Waals surface area contributed by atoms with Crippen LogP contribution in [0.25, 0.3) is 0 Å². The minimum atomic E-state index is 0.386. The molecule has 0 saturated heterocycles. The summed E-state index contributed by atoms with van der Waals surface area (Å²) in [4.78, 5) is 0. The third kappa shape index (κ3) is 2.53. The lowest BCUT2D eigenvalue weighted by Crippen LogP contribution is -2.31. The van der Waals surface area contributed by atoms with Crippen LogP contribution >= 0.6 is 11.8 Å². The van der Waals surface area contributed by atoms with E-state index in [-0.39, 0.29) is 0 Å². The lowest BCUT2D eigenvalue weighted by Gasteiger charge is -2.19. The molecule has 16 heavy (non-hydrogen) atoms. The number of phenolic OH excluding ortho intramolecular Hbond substituents is 1. The Morgan fingerprint density at radius 1 is 1.56 bits per heavy atom. The number of aryl methyl sites for hydroxylation is 1. The van der Waals surface area contributed by atoms with Crippen LogP contribution in [0.15, 0.2) is 18.2 Å². The van der Waals surface area contributed by atoms with Crippen molar-refractivity contribution in [2.24, 2.45) is 0 Å². The van der Waals surface area contributed by atoms with Crippen molar-refractivity contribution in [3.05, 3.63) is 29.3 Å². The SMILES string of the molecule is CSCC(C)NC1CCc2cc(O)ccc21. The van der Waals surface area contributed by atoms with Crippen molar-refractivity contribution in [1.29, 1.82) is 0 Å². The Labute approximate surface area is 101 Å². The highest BCUT2D eigenvalue weighted by Crippen LogP contribution is 2.33. The Bertz CT molecular complexity index is 367. The molecule has 88 valence electrons. The number of aromatic hydroxyl groups is 1. The summed E-state index contributed by atoms with van der Waals surface area (Å²) in [7, 11) is 0. The largest absolute Gasteiger partial charge is 0.508 e. The summed E-state index contributed by atoms with van der Waals surface area (Å²) in [5.41, 5.74) is 2.67. The molecule has 2 atom stereocenters. The Morgan fingerprint density at radius 3 is 3.12 bits per heavy atom. The van der Waals surface area contributed by atoms with Gasteiger partial charge in [-0.3, -0.25) is 0 Å². The van der Waals surface area contributed by atoms with Gasteiger partial charge in [-0.2, -0.15) is 11.8 Å². The highest BCUT2D eigenvalue weighted by Gasteiger charge is 2.23. The van der Waals surface area contributed by atoms with Gasteiger partial charge in [0.1, 0.15) is 5.75 Å². The minimum Gasteiger partial charge on any atom is -0.508 e. The molecule has 1 aliphatic carbocycles. The van der Waals surface area contributed by atoms with E-state index < -0.39 is 0 Å². The van der Waals surface area contributed by atoms with E-state index in [4.69, 9.17) is 0 Å². The highest BCUT2D eigenvalue weighted by atomic mass is 32.2. The van der Waals surface area contributed by atoms with E-state index in [2.05, 4.69) is 24.6 Å². The van der Waals surface area contributed by atoms with Gasteiger partial charge < -0.3 is 10.4 Å². The molecular formula is C13H19NOS. The summed E-state index contributed by atoms with van der Waals surface area (Å²) in [6.45, 7) is 2.23. The zero-order valence-corrected chi connectivity index (χ0v) is 10.7. The Morgan fingerprint density at radius 2 is 2.38 bits per heavy atom. The molecule has 0 amide bonds. The predicted octanol–water partition coefficient (Wildman–Crippen LogP) is 2.72. The molecule has 1 aromatic rings. The van der Waals surface area contributed by atoms with Crippen LogP contribution in [-0.2, 0) is 6.42 Å². The van der Waals surface area contributed by atoms with Gasteiger partial charge in [0.05, 0.1) is 0 Å². The van der Waals surface area contributed by atoms with Crippen LogP contribution in [0.2, 0.25) is 0 Å². The second-order valence-electron chi connectivity index (χ2n) is 4.50. The molecule has 0 aromatic heterocycles. The van der Waals surface area contributed by atoms with Crippen molar-refractivity contribution in [3.8, 4) is 5.75 Å². The van der Waals surface area contributed by atoms with E-state index in [1.165, 1.54) is 11.1 Å². The molecule has 0 radical (unpaired) electrons. The van der Waals surface area contributed by atoms with Crippen LogP contribution in [0.4, 0.5) is 0 Å². The quantitative estimate of drug-likeness (QED) is 0.844. The van der Waals surface area contributed by atoms with Crippen LogP contribution in [0.5, 0.6) is 5.75 Å². The van der Waals surface area contributed by atoms with Gasteiger partial charge in [-0.15, -0.1) is 0 Å². The van der Waals surface area contributed by atoms with Crippen molar-refractivity contribution >= 4 is 11.8 Å². The van der Waals surface area contributed by atoms with Crippen LogP contribution in [0.3, 0.4) is 0 Å². The van der Waals surface area contributed by atoms with E-state index >= 15 is 0 Å². The zero-order chi connectivity index (χ0) is 11.5. The van der Waals surface area contributed by atoms with Crippen molar-refractivity contribution in [1.82, 2.24) is 5.32 Å². The molecule has 0 heterocycles. The van der Waals surface area contributed by atoms with Gasteiger partial charge in [0.15, 0.2) is 0 Å². The van der Waals surface area contributed by atoms with E-state index in [0.29, 0.717) is 17.8 Å². The Kier molecular flexibility index (Phi) is 3.77. The van der Waals surface area contributed by atoms with Gasteiger partial charge in [-0.25, -0.2) is 0 Å². The van der Waals surface area contributed by atoms with Crippen LogP contribution in [-0.4, -0.2) is 23.2 Å². The fraction of sp³-hybridized carbons (Fsp3) is 0.538. The van der Waals surface area contributed by atoms with Gasteiger partial charge in [-0.05, 0) is 49.3 Å². The fourth-order valence-corrected chi connectivity index (χ4v) is 3.01. The van der Waals surface area contributed by atoms with Crippen molar-refractivity contribution in [3.63, 3.8) is 0 Å². The topological polar surface area (TPSA) is 32.3 Å². The summed E-state index contributed by atoms with van der Waals surface area (Å²) in [6.07, 6.45) is 4.36. The number of hydrogen-bond donors (Lipinski definition) is 2. The van der Waals surface area contributed by atoms with Gasteiger partial charge >= 0.3 is 0 Å². The molecule has 0 bridgehead atoms. The second kappa shape index (κ2) is 5.11. The lowest BCUT2D eigenvalue weighted by atomic mass is 10.1. The third-order valence-corrected chi connectivity index (χ3v) is 3.94.